The van der Waals surface area contributed by atoms with E-state index in [1.54, 1.807) is 24.4 Å². The molecule has 0 saturated carbocycles. The largest absolute Gasteiger partial charge is 0.465 e. The molecule has 1 aromatic heterocycles. The van der Waals surface area contributed by atoms with Gasteiger partial charge in [-0.05, 0) is 35.6 Å². The minimum atomic E-state index is -0.492. The first kappa shape index (κ1) is 15.2. The van der Waals surface area contributed by atoms with Crippen molar-refractivity contribution < 1.29 is 18.7 Å². The fourth-order valence-corrected chi connectivity index (χ4v) is 2.78. The Hall–Kier alpha value is -2.21. The number of esters is 1. The molecule has 0 aliphatic heterocycles. The molecular weight excluding hydrogens is 293 g/mol. The highest BCUT2D eigenvalue weighted by Gasteiger charge is 2.18. The summed E-state index contributed by atoms with van der Waals surface area (Å²) in [6.07, 6.45) is 0.0354. The third-order valence-electron chi connectivity index (χ3n) is 2.86. The Balaban J connectivity index is 2.13. The Morgan fingerprint density at radius 3 is 2.81 bits per heavy atom. The van der Waals surface area contributed by atoms with Gasteiger partial charge < -0.3 is 10.1 Å². The van der Waals surface area contributed by atoms with Crippen molar-refractivity contribution >= 4 is 28.9 Å². The topological polar surface area (TPSA) is 55.4 Å². The molecular formula is C15H14FNO3S. The van der Waals surface area contributed by atoms with Gasteiger partial charge in [-0.3, -0.25) is 4.79 Å². The molecule has 6 heteroatoms. The Morgan fingerprint density at radius 1 is 1.38 bits per heavy atom. The molecule has 1 amide bonds. The first-order chi connectivity index (χ1) is 10.0. The Labute approximate surface area is 125 Å². The predicted molar refractivity (Wildman–Crippen MR) is 79.1 cm³/mol. The number of carbonyl (C=O) groups is 2. The monoisotopic (exact) mass is 307 g/mol. The number of methoxy groups -OCH3 is 1. The number of benzene rings is 1. The molecule has 1 heterocycles. The average molecular weight is 307 g/mol. The van der Waals surface area contributed by atoms with E-state index in [9.17, 15) is 14.0 Å². The van der Waals surface area contributed by atoms with E-state index in [1.165, 1.54) is 30.6 Å². The number of carbonyl (C=O) groups excluding carboxylic acids is 2. The lowest BCUT2D eigenvalue weighted by Crippen LogP contribution is -2.16. The molecule has 0 saturated heterocycles. The van der Waals surface area contributed by atoms with E-state index in [2.05, 4.69) is 10.1 Å². The molecule has 0 unspecified atom stereocenters. The summed E-state index contributed by atoms with van der Waals surface area (Å²) >= 11 is 1.21. The van der Waals surface area contributed by atoms with Gasteiger partial charge in [0.15, 0.2) is 0 Å². The number of hydrogen-bond donors (Lipinski definition) is 1. The van der Waals surface area contributed by atoms with Crippen LogP contribution in [0.2, 0.25) is 0 Å². The van der Waals surface area contributed by atoms with Crippen molar-refractivity contribution in [2.75, 3.05) is 12.4 Å². The zero-order chi connectivity index (χ0) is 15.4. The van der Waals surface area contributed by atoms with Gasteiger partial charge in [0.25, 0.3) is 0 Å². The molecule has 0 spiro atoms. The molecule has 4 nitrogen and oxygen atoms in total. The second-order valence-corrected chi connectivity index (χ2v) is 5.35. The number of anilines is 1. The van der Waals surface area contributed by atoms with Crippen molar-refractivity contribution in [3.63, 3.8) is 0 Å². The van der Waals surface area contributed by atoms with Crippen LogP contribution >= 0.6 is 11.3 Å². The predicted octanol–water partition coefficient (Wildman–Crippen LogP) is 3.16. The number of amides is 1. The van der Waals surface area contributed by atoms with Crippen LogP contribution in [-0.2, 0) is 16.0 Å². The van der Waals surface area contributed by atoms with Gasteiger partial charge in [0.05, 0.1) is 19.2 Å². The lowest BCUT2D eigenvalue weighted by atomic mass is 10.1. The van der Waals surface area contributed by atoms with Crippen molar-refractivity contribution in [1.82, 2.24) is 0 Å². The van der Waals surface area contributed by atoms with Gasteiger partial charge in [-0.2, -0.15) is 0 Å². The van der Waals surface area contributed by atoms with E-state index >= 15 is 0 Å². The van der Waals surface area contributed by atoms with Crippen LogP contribution in [0.15, 0.2) is 29.6 Å². The van der Waals surface area contributed by atoms with Crippen LogP contribution in [0.4, 0.5) is 10.1 Å². The van der Waals surface area contributed by atoms with E-state index < -0.39 is 5.97 Å². The summed E-state index contributed by atoms with van der Waals surface area (Å²) in [5, 5.41) is 4.46. The average Bonchev–Trinajstić information content (AvgIpc) is 2.79. The molecule has 1 N–H and O–H groups in total. The van der Waals surface area contributed by atoms with Gasteiger partial charge in [0, 0.05) is 0 Å². The van der Waals surface area contributed by atoms with Crippen LogP contribution in [0.1, 0.15) is 20.8 Å². The number of halogens is 1. The van der Waals surface area contributed by atoms with Gasteiger partial charge in [0.1, 0.15) is 10.7 Å². The number of hydrogen-bond acceptors (Lipinski definition) is 4. The van der Waals surface area contributed by atoms with Gasteiger partial charge in [-0.25, -0.2) is 9.18 Å². The van der Waals surface area contributed by atoms with Crippen molar-refractivity contribution in [2.45, 2.75) is 13.3 Å². The molecule has 21 heavy (non-hydrogen) atoms. The molecule has 2 rings (SSSR count). The Morgan fingerprint density at radius 2 is 2.14 bits per heavy atom. The molecule has 2 aromatic rings. The van der Waals surface area contributed by atoms with Gasteiger partial charge in [-0.15, -0.1) is 11.3 Å². The highest BCUT2D eigenvalue weighted by Crippen LogP contribution is 2.28. The molecule has 0 fully saturated rings. The first-order valence-corrected chi connectivity index (χ1v) is 7.10. The number of aryl methyl sites for hydroxylation is 1. The fraction of sp³-hybridized carbons (Fsp3) is 0.200. The fourth-order valence-electron chi connectivity index (χ4n) is 1.86. The number of rotatable bonds is 4. The van der Waals surface area contributed by atoms with Crippen molar-refractivity contribution in [2.24, 2.45) is 0 Å². The Kier molecular flexibility index (Phi) is 4.70. The summed E-state index contributed by atoms with van der Waals surface area (Å²) in [4.78, 5) is 24.0. The maximum absolute atomic E-state index is 13.1. The number of ether oxygens (including phenoxy) is 1. The summed E-state index contributed by atoms with van der Waals surface area (Å²) in [5.41, 5.74) is 1.81. The quantitative estimate of drug-likeness (QED) is 0.883. The van der Waals surface area contributed by atoms with E-state index in [4.69, 9.17) is 0 Å². The lowest BCUT2D eigenvalue weighted by Gasteiger charge is -2.07. The summed E-state index contributed by atoms with van der Waals surface area (Å²) in [5.74, 6) is -1.19. The van der Waals surface area contributed by atoms with Crippen LogP contribution in [0.5, 0.6) is 0 Å². The lowest BCUT2D eigenvalue weighted by molar-refractivity contribution is -0.115. The minimum Gasteiger partial charge on any atom is -0.465 e. The molecule has 0 bridgehead atoms. The summed E-state index contributed by atoms with van der Waals surface area (Å²) in [6.45, 7) is 1.79. The number of thiophene rings is 1. The van der Waals surface area contributed by atoms with Crippen molar-refractivity contribution in [3.8, 4) is 0 Å². The van der Waals surface area contributed by atoms with E-state index in [1.807, 2.05) is 0 Å². The second kappa shape index (κ2) is 6.49. The normalized spacial score (nSPS) is 10.2. The smallest absolute Gasteiger partial charge is 0.350 e. The first-order valence-electron chi connectivity index (χ1n) is 6.22. The molecule has 1 aromatic carbocycles. The van der Waals surface area contributed by atoms with Crippen LogP contribution in [-0.4, -0.2) is 19.0 Å². The number of nitrogens with one attached hydrogen (secondary N) is 1. The van der Waals surface area contributed by atoms with Crippen LogP contribution in [0.3, 0.4) is 0 Å². The Bertz CT molecular complexity index is 681. The second-order valence-electron chi connectivity index (χ2n) is 4.47. The third kappa shape index (κ3) is 3.66. The molecule has 0 radical (unpaired) electrons. The molecule has 110 valence electrons. The highest BCUT2D eigenvalue weighted by molar-refractivity contribution is 7.12. The molecule has 0 aliphatic rings. The minimum absolute atomic E-state index is 0.0354. The maximum atomic E-state index is 13.1. The van der Waals surface area contributed by atoms with E-state index in [-0.39, 0.29) is 18.1 Å². The van der Waals surface area contributed by atoms with Crippen LogP contribution in [0.25, 0.3) is 0 Å². The molecule has 0 aliphatic carbocycles. The van der Waals surface area contributed by atoms with E-state index in [0.717, 1.165) is 5.56 Å². The summed E-state index contributed by atoms with van der Waals surface area (Å²) in [6, 6.07) is 5.85. The van der Waals surface area contributed by atoms with Gasteiger partial charge in [0.2, 0.25) is 5.91 Å². The van der Waals surface area contributed by atoms with Gasteiger partial charge in [-0.1, -0.05) is 12.1 Å². The van der Waals surface area contributed by atoms with Crippen LogP contribution in [0, 0.1) is 12.7 Å². The maximum Gasteiger partial charge on any atom is 0.350 e. The summed E-state index contributed by atoms with van der Waals surface area (Å²) < 4.78 is 17.8. The van der Waals surface area contributed by atoms with Crippen molar-refractivity contribution in [3.05, 3.63) is 51.5 Å². The highest BCUT2D eigenvalue weighted by atomic mass is 32.1. The summed E-state index contributed by atoms with van der Waals surface area (Å²) in [7, 11) is 1.29. The van der Waals surface area contributed by atoms with Crippen LogP contribution < -0.4 is 5.32 Å². The SMILES string of the molecule is COC(=O)c1scc(C)c1NC(=O)Cc1cccc(F)c1. The standard InChI is InChI=1S/C15H14FNO3S/c1-9-8-21-14(15(19)20-2)13(9)17-12(18)7-10-4-3-5-11(16)6-10/h3-6,8H,7H2,1-2H3,(H,17,18). The zero-order valence-electron chi connectivity index (χ0n) is 11.6. The van der Waals surface area contributed by atoms with E-state index in [0.29, 0.717) is 16.1 Å². The van der Waals surface area contributed by atoms with Gasteiger partial charge >= 0.3 is 5.97 Å². The third-order valence-corrected chi connectivity index (χ3v) is 3.94. The molecule has 0 atom stereocenters. The zero-order valence-corrected chi connectivity index (χ0v) is 12.4. The van der Waals surface area contributed by atoms with Crippen molar-refractivity contribution in [1.29, 1.82) is 0 Å².